The van der Waals surface area contributed by atoms with Crippen LogP contribution in [-0.2, 0) is 18.3 Å². The van der Waals surface area contributed by atoms with Gasteiger partial charge in [-0.25, -0.2) is 9.97 Å². The Labute approximate surface area is 145 Å². The highest BCUT2D eigenvalue weighted by Crippen LogP contribution is 2.56. The average molecular weight is 368 g/mol. The van der Waals surface area contributed by atoms with Crippen LogP contribution in [0.1, 0.15) is 32.7 Å². The number of rotatable bonds is 5. The summed E-state index contributed by atoms with van der Waals surface area (Å²) in [7, 11) is -3.14. The van der Waals surface area contributed by atoms with Crippen molar-refractivity contribution < 1.29 is 23.1 Å². The van der Waals surface area contributed by atoms with Crippen molar-refractivity contribution >= 4 is 18.8 Å². The van der Waals surface area contributed by atoms with Gasteiger partial charge in [0.25, 0.3) is 0 Å². The average Bonchev–Trinajstić information content (AvgIpc) is 3.18. The fraction of sp³-hybridized carbons (Fsp3) is 0.667. The van der Waals surface area contributed by atoms with Gasteiger partial charge in [0.05, 0.1) is 31.7 Å². The molecule has 0 spiro atoms. The third-order valence-corrected chi connectivity index (χ3v) is 6.20. The third-order valence-electron chi connectivity index (χ3n) is 4.49. The monoisotopic (exact) mass is 368 g/mol. The van der Waals surface area contributed by atoms with Gasteiger partial charge < -0.3 is 23.1 Å². The van der Waals surface area contributed by atoms with Gasteiger partial charge in [-0.3, -0.25) is 4.57 Å². The van der Waals surface area contributed by atoms with E-state index in [0.29, 0.717) is 31.0 Å². The molecule has 1 saturated carbocycles. The Kier molecular flexibility index (Phi) is 4.49. The van der Waals surface area contributed by atoms with Crippen LogP contribution < -0.4 is 4.74 Å². The summed E-state index contributed by atoms with van der Waals surface area (Å²) in [4.78, 5) is 12.9. The van der Waals surface area contributed by atoms with E-state index in [4.69, 9.17) is 18.5 Å². The highest BCUT2D eigenvalue weighted by atomic mass is 31.2. The summed E-state index contributed by atoms with van der Waals surface area (Å²) in [6.07, 6.45) is 4.29. The van der Waals surface area contributed by atoms with E-state index >= 15 is 0 Å². The minimum Gasteiger partial charge on any atom is -0.476 e. The number of hydrogen-bond acceptors (Lipinski definition) is 8. The largest absolute Gasteiger partial charge is 0.476 e. The van der Waals surface area contributed by atoms with Gasteiger partial charge >= 0.3 is 7.60 Å². The quantitative estimate of drug-likeness (QED) is 0.743. The molecular formula is C15H21N4O5P. The first kappa shape index (κ1) is 16.9. The van der Waals surface area contributed by atoms with E-state index in [9.17, 15) is 4.57 Å². The first-order chi connectivity index (χ1) is 12.1. The highest BCUT2D eigenvalue weighted by Gasteiger charge is 2.46. The minimum atomic E-state index is -3.14. The van der Waals surface area contributed by atoms with E-state index < -0.39 is 7.60 Å². The zero-order valence-electron chi connectivity index (χ0n) is 14.2. The van der Waals surface area contributed by atoms with E-state index in [1.54, 1.807) is 13.3 Å². The van der Waals surface area contributed by atoms with Crippen molar-refractivity contribution in [2.45, 2.75) is 44.9 Å². The number of aromatic nitrogens is 4. The minimum absolute atomic E-state index is 0.00998. The summed E-state index contributed by atoms with van der Waals surface area (Å²) in [5.74, 6) is 0.481. The molecule has 2 aliphatic rings. The summed E-state index contributed by atoms with van der Waals surface area (Å²) in [5, 5.41) is 0. The molecule has 2 aromatic rings. The summed E-state index contributed by atoms with van der Waals surface area (Å²) >= 11 is 0. The van der Waals surface area contributed by atoms with Gasteiger partial charge in [-0.1, -0.05) is 0 Å². The van der Waals surface area contributed by atoms with E-state index in [1.165, 1.54) is 6.33 Å². The van der Waals surface area contributed by atoms with Crippen molar-refractivity contribution in [1.82, 2.24) is 19.5 Å². The van der Waals surface area contributed by atoms with Crippen molar-refractivity contribution in [3.05, 3.63) is 12.7 Å². The zero-order valence-corrected chi connectivity index (χ0v) is 15.1. The first-order valence-corrected chi connectivity index (χ1v) is 10.2. The Morgan fingerprint density at radius 1 is 1.24 bits per heavy atom. The maximum absolute atomic E-state index is 12.5. The number of fused-ring (bicyclic) bond motifs is 2. The molecule has 10 heteroatoms. The molecule has 0 N–H and O–H groups in total. The molecular weight excluding hydrogens is 347 g/mol. The van der Waals surface area contributed by atoms with Crippen LogP contribution in [-0.4, -0.2) is 51.3 Å². The van der Waals surface area contributed by atoms with Gasteiger partial charge in [-0.2, -0.15) is 4.98 Å². The number of hydrogen-bond donors (Lipinski definition) is 0. The predicted octanol–water partition coefficient (Wildman–Crippen LogP) is 2.53. The van der Waals surface area contributed by atoms with Crippen LogP contribution in [0.5, 0.6) is 5.88 Å². The summed E-state index contributed by atoms with van der Waals surface area (Å²) in [5.41, 5.74) is 1.36. The Morgan fingerprint density at radius 3 is 2.88 bits per heavy atom. The van der Waals surface area contributed by atoms with Crippen LogP contribution in [0.25, 0.3) is 11.2 Å². The van der Waals surface area contributed by atoms with E-state index in [-0.39, 0.29) is 24.6 Å². The second kappa shape index (κ2) is 6.64. The molecule has 2 fully saturated rings. The van der Waals surface area contributed by atoms with Crippen LogP contribution in [0.15, 0.2) is 12.7 Å². The molecule has 0 radical (unpaired) electrons. The third kappa shape index (κ3) is 3.06. The topological polar surface area (TPSA) is 97.6 Å². The van der Waals surface area contributed by atoms with Crippen LogP contribution in [0.4, 0.5) is 0 Å². The molecule has 0 amide bonds. The summed E-state index contributed by atoms with van der Waals surface area (Å²) < 4.78 is 36.8. The van der Waals surface area contributed by atoms with Gasteiger partial charge in [-0.15, -0.1) is 0 Å². The number of ether oxygens (including phenoxy) is 2. The van der Waals surface area contributed by atoms with E-state index in [0.717, 1.165) is 12.1 Å². The number of nitrogens with zero attached hydrogens (tertiary/aromatic N) is 4. The second-order valence-electron chi connectivity index (χ2n) is 6.07. The molecule has 9 nitrogen and oxygen atoms in total. The Hall–Kier alpha value is -1.54. The van der Waals surface area contributed by atoms with Crippen LogP contribution in [0.2, 0.25) is 0 Å². The smallest absolute Gasteiger partial charge is 0.356 e. The van der Waals surface area contributed by atoms with E-state index in [1.807, 2.05) is 11.5 Å². The SMILES string of the molecule is CCOc1ncnc2c1ncn2[C@@H]1C[C@@H]2OC[P@](=O)(OCC)O[C@H]2C1. The molecule has 0 aromatic carbocycles. The molecule has 1 saturated heterocycles. The molecule has 1 aliphatic carbocycles. The van der Waals surface area contributed by atoms with Gasteiger partial charge in [-0.05, 0) is 26.7 Å². The fourth-order valence-corrected chi connectivity index (χ4v) is 5.08. The fourth-order valence-electron chi connectivity index (χ4n) is 3.48. The zero-order chi connectivity index (χ0) is 17.4. The Morgan fingerprint density at radius 2 is 2.08 bits per heavy atom. The summed E-state index contributed by atoms with van der Waals surface area (Å²) in [6.45, 7) is 4.55. The Bertz CT molecular complexity index is 812. The predicted molar refractivity (Wildman–Crippen MR) is 88.6 cm³/mol. The van der Waals surface area contributed by atoms with Crippen molar-refractivity contribution in [1.29, 1.82) is 0 Å². The van der Waals surface area contributed by atoms with Crippen molar-refractivity contribution in [2.75, 3.05) is 19.6 Å². The lowest BCUT2D eigenvalue weighted by Gasteiger charge is -2.31. The first-order valence-electron chi connectivity index (χ1n) is 8.47. The van der Waals surface area contributed by atoms with Gasteiger partial charge in [0, 0.05) is 6.04 Å². The molecule has 4 rings (SSSR count). The highest BCUT2D eigenvalue weighted by molar-refractivity contribution is 7.53. The summed E-state index contributed by atoms with van der Waals surface area (Å²) in [6, 6.07) is 0.0950. The molecule has 3 heterocycles. The number of imidazole rings is 1. The van der Waals surface area contributed by atoms with E-state index in [2.05, 4.69) is 15.0 Å². The van der Waals surface area contributed by atoms with Gasteiger partial charge in [0.2, 0.25) is 5.88 Å². The van der Waals surface area contributed by atoms with Crippen LogP contribution in [0.3, 0.4) is 0 Å². The van der Waals surface area contributed by atoms with Crippen molar-refractivity contribution in [2.24, 2.45) is 0 Å². The molecule has 136 valence electrons. The maximum Gasteiger partial charge on any atom is 0.356 e. The normalized spacial score (nSPS) is 32.0. The second-order valence-corrected chi connectivity index (χ2v) is 8.02. The van der Waals surface area contributed by atoms with Gasteiger partial charge in [0.15, 0.2) is 11.2 Å². The molecule has 2 aromatic heterocycles. The van der Waals surface area contributed by atoms with Crippen LogP contribution in [0, 0.1) is 0 Å². The van der Waals surface area contributed by atoms with Gasteiger partial charge in [0.1, 0.15) is 12.7 Å². The lowest BCUT2D eigenvalue weighted by molar-refractivity contribution is -0.0371. The Balaban J connectivity index is 1.57. The molecule has 0 bridgehead atoms. The molecule has 25 heavy (non-hydrogen) atoms. The molecule has 4 atom stereocenters. The lowest BCUT2D eigenvalue weighted by Crippen LogP contribution is -2.31. The molecule has 1 aliphatic heterocycles. The molecule has 0 unspecified atom stereocenters. The van der Waals surface area contributed by atoms with Crippen molar-refractivity contribution in [3.63, 3.8) is 0 Å². The van der Waals surface area contributed by atoms with Crippen molar-refractivity contribution in [3.8, 4) is 5.88 Å². The maximum atomic E-state index is 12.5. The van der Waals surface area contributed by atoms with Crippen LogP contribution >= 0.6 is 7.60 Å². The standard InChI is InChI=1S/C15H21N4O5P/c1-3-21-15-13-14(16-7-17-15)19(8-18-13)10-5-11-12(6-10)24-25(20,9-22-11)23-4-2/h7-8,10-12H,3-6,9H2,1-2H3/t10-,11+,12+,25+/m1/s1. The lowest BCUT2D eigenvalue weighted by atomic mass is 10.2.